The molecule has 8 aromatic rings. The maximum Gasteiger partial charge on any atom is 0.0543 e. The first kappa shape index (κ1) is 29.4. The van der Waals surface area contributed by atoms with Gasteiger partial charge in [-0.25, -0.2) is 0 Å². The van der Waals surface area contributed by atoms with Crippen LogP contribution < -0.4 is 4.90 Å². The van der Waals surface area contributed by atoms with Crippen LogP contribution in [0.4, 0.5) is 17.1 Å². The van der Waals surface area contributed by atoms with Crippen LogP contribution in [0.5, 0.6) is 0 Å². The molecular formula is C50H39NS. The summed E-state index contributed by atoms with van der Waals surface area (Å²) in [6, 6.07) is 57.7. The van der Waals surface area contributed by atoms with Gasteiger partial charge in [-0.1, -0.05) is 115 Å². The predicted molar refractivity (Wildman–Crippen MR) is 220 cm³/mol. The number of hydrogen-bond acceptors (Lipinski definition) is 2. The molecule has 13 rings (SSSR count). The van der Waals surface area contributed by atoms with Crippen molar-refractivity contribution in [3.05, 3.63) is 163 Å². The van der Waals surface area contributed by atoms with E-state index in [-0.39, 0.29) is 5.41 Å². The molecule has 1 nitrogen and oxygen atoms in total. The minimum absolute atomic E-state index is 0.128. The van der Waals surface area contributed by atoms with Crippen molar-refractivity contribution in [2.24, 2.45) is 23.7 Å². The van der Waals surface area contributed by atoms with Crippen LogP contribution in [0.1, 0.15) is 43.2 Å². The van der Waals surface area contributed by atoms with Crippen molar-refractivity contribution in [1.82, 2.24) is 0 Å². The van der Waals surface area contributed by atoms with Crippen molar-refractivity contribution in [3.8, 4) is 22.3 Å². The molecule has 2 heteroatoms. The smallest absolute Gasteiger partial charge is 0.0543 e. The van der Waals surface area contributed by atoms with Gasteiger partial charge in [0.15, 0.2) is 0 Å². The number of hydrogen-bond donors (Lipinski definition) is 0. The predicted octanol–water partition coefficient (Wildman–Crippen LogP) is 14.1. The van der Waals surface area contributed by atoms with Crippen molar-refractivity contribution in [2.75, 3.05) is 4.90 Å². The molecule has 0 radical (unpaired) electrons. The van der Waals surface area contributed by atoms with Crippen LogP contribution in [0.2, 0.25) is 0 Å². The molecule has 0 aliphatic heterocycles. The second kappa shape index (κ2) is 10.9. The van der Waals surface area contributed by atoms with Crippen LogP contribution in [-0.4, -0.2) is 0 Å². The SMILES string of the molecule is c1cc(-c2cccc3c2sc2ccccc23)cc(N(c2ccc3ccccc3c2)c2cccc3c2-c2ccccc2C32C3CC4CC(C3)CC2C4)c1. The Kier molecular flexibility index (Phi) is 6.17. The molecule has 4 bridgehead atoms. The molecule has 1 heterocycles. The molecule has 52 heavy (non-hydrogen) atoms. The summed E-state index contributed by atoms with van der Waals surface area (Å²) in [5.41, 5.74) is 12.5. The van der Waals surface area contributed by atoms with E-state index in [1.54, 1.807) is 11.1 Å². The molecule has 250 valence electrons. The number of benzene rings is 7. The van der Waals surface area contributed by atoms with Crippen molar-refractivity contribution >= 4 is 59.3 Å². The molecular weight excluding hydrogens is 647 g/mol. The van der Waals surface area contributed by atoms with Gasteiger partial charge in [0.2, 0.25) is 0 Å². The molecule has 7 aromatic carbocycles. The second-order valence-electron chi connectivity index (χ2n) is 16.1. The Labute approximate surface area is 309 Å². The molecule has 0 N–H and O–H groups in total. The standard InChI is InChI=1S/C50H39NS/c1-2-11-34-29-39(23-22-33(34)10-1)51(38-13-7-12-35(30-38)40-16-8-17-42-41-14-4-6-21-47(41)52-49(40)42)46-20-9-19-45-48(46)43-15-3-5-18-44(43)50(45)36-25-31-24-32(27-36)28-37(50)26-31/h1-23,29-32,36-37H,24-28H2. The van der Waals surface area contributed by atoms with Crippen molar-refractivity contribution in [1.29, 1.82) is 0 Å². The first-order chi connectivity index (χ1) is 25.7. The lowest BCUT2D eigenvalue weighted by atomic mass is 9.43. The first-order valence-electron chi connectivity index (χ1n) is 19.3. The minimum atomic E-state index is 0.128. The number of nitrogens with zero attached hydrogens (tertiary/aromatic N) is 1. The molecule has 5 aliphatic carbocycles. The number of fused-ring (bicyclic) bond motifs is 7. The summed E-state index contributed by atoms with van der Waals surface area (Å²) >= 11 is 1.91. The van der Waals surface area contributed by atoms with E-state index in [0.717, 1.165) is 23.7 Å². The Hall–Kier alpha value is -5.18. The molecule has 1 spiro atoms. The zero-order chi connectivity index (χ0) is 34.0. The molecule has 0 atom stereocenters. The Bertz CT molecular complexity index is 2700. The summed E-state index contributed by atoms with van der Waals surface area (Å²) < 4.78 is 2.70. The molecule has 4 saturated carbocycles. The summed E-state index contributed by atoms with van der Waals surface area (Å²) in [4.78, 5) is 2.58. The molecule has 0 unspecified atom stereocenters. The normalized spacial score (nSPS) is 23.8. The van der Waals surface area contributed by atoms with Gasteiger partial charge in [-0.3, -0.25) is 0 Å². The van der Waals surface area contributed by atoms with Gasteiger partial charge in [-0.2, -0.15) is 0 Å². The van der Waals surface area contributed by atoms with Crippen LogP contribution in [0.3, 0.4) is 0 Å². The topological polar surface area (TPSA) is 3.24 Å². The number of anilines is 3. The monoisotopic (exact) mass is 685 g/mol. The highest BCUT2D eigenvalue weighted by Gasteiger charge is 2.61. The van der Waals surface area contributed by atoms with Gasteiger partial charge in [0.1, 0.15) is 0 Å². The molecule has 0 saturated heterocycles. The van der Waals surface area contributed by atoms with Gasteiger partial charge in [0.05, 0.1) is 5.69 Å². The molecule has 5 aliphatic rings. The Balaban J connectivity index is 1.10. The Morgan fingerprint density at radius 1 is 0.500 bits per heavy atom. The zero-order valence-corrected chi connectivity index (χ0v) is 30.0. The third-order valence-corrected chi connectivity index (χ3v) is 14.8. The fraction of sp³-hybridized carbons (Fsp3) is 0.200. The van der Waals surface area contributed by atoms with E-state index >= 15 is 0 Å². The lowest BCUT2D eigenvalue weighted by Crippen LogP contribution is -2.55. The van der Waals surface area contributed by atoms with E-state index in [2.05, 4.69) is 157 Å². The summed E-state index contributed by atoms with van der Waals surface area (Å²) in [7, 11) is 0. The van der Waals surface area contributed by atoms with E-state index in [9.17, 15) is 0 Å². The van der Waals surface area contributed by atoms with Crippen LogP contribution in [0, 0.1) is 23.7 Å². The van der Waals surface area contributed by atoms with Gasteiger partial charge in [0, 0.05) is 42.5 Å². The van der Waals surface area contributed by atoms with E-state index in [1.807, 2.05) is 11.3 Å². The maximum absolute atomic E-state index is 2.58. The largest absolute Gasteiger partial charge is 0.310 e. The fourth-order valence-electron chi connectivity index (χ4n) is 11.9. The highest BCUT2D eigenvalue weighted by Crippen LogP contribution is 2.70. The number of thiophene rings is 1. The third kappa shape index (κ3) is 3.99. The third-order valence-electron chi connectivity index (χ3n) is 13.6. The van der Waals surface area contributed by atoms with E-state index < -0.39 is 0 Å². The summed E-state index contributed by atoms with van der Waals surface area (Å²) in [5.74, 6) is 3.32. The van der Waals surface area contributed by atoms with Gasteiger partial charge in [-0.15, -0.1) is 11.3 Å². The van der Waals surface area contributed by atoms with Gasteiger partial charge >= 0.3 is 0 Å². The lowest BCUT2D eigenvalue weighted by Gasteiger charge is -2.61. The average molecular weight is 686 g/mol. The minimum Gasteiger partial charge on any atom is -0.310 e. The quantitative estimate of drug-likeness (QED) is 0.178. The Morgan fingerprint density at radius 2 is 1.17 bits per heavy atom. The molecule has 0 amide bonds. The zero-order valence-electron chi connectivity index (χ0n) is 29.1. The molecule has 4 fully saturated rings. The Morgan fingerprint density at radius 3 is 2.06 bits per heavy atom. The summed E-state index contributed by atoms with van der Waals surface area (Å²) in [6.45, 7) is 0. The van der Waals surface area contributed by atoms with Crippen LogP contribution in [-0.2, 0) is 5.41 Å². The second-order valence-corrected chi connectivity index (χ2v) is 17.2. The van der Waals surface area contributed by atoms with E-state index in [0.29, 0.717) is 0 Å². The van der Waals surface area contributed by atoms with Gasteiger partial charge < -0.3 is 4.90 Å². The highest BCUT2D eigenvalue weighted by molar-refractivity contribution is 7.26. The van der Waals surface area contributed by atoms with Crippen LogP contribution in [0.25, 0.3) is 53.2 Å². The van der Waals surface area contributed by atoms with Crippen LogP contribution in [0.15, 0.2) is 152 Å². The fourth-order valence-corrected chi connectivity index (χ4v) is 13.1. The van der Waals surface area contributed by atoms with Gasteiger partial charge in [-0.05, 0) is 131 Å². The number of rotatable bonds is 4. The highest BCUT2D eigenvalue weighted by atomic mass is 32.1. The van der Waals surface area contributed by atoms with Crippen molar-refractivity contribution < 1.29 is 0 Å². The average Bonchev–Trinajstić information content (AvgIpc) is 3.71. The maximum atomic E-state index is 2.58. The summed E-state index contributed by atoms with van der Waals surface area (Å²) in [6.07, 6.45) is 7.05. The van der Waals surface area contributed by atoms with E-state index in [1.165, 1.54) is 102 Å². The first-order valence-corrected chi connectivity index (χ1v) is 20.1. The van der Waals surface area contributed by atoms with Crippen LogP contribution >= 0.6 is 11.3 Å². The molecule has 1 aromatic heterocycles. The summed E-state index contributed by atoms with van der Waals surface area (Å²) in [5, 5.41) is 5.22. The van der Waals surface area contributed by atoms with Crippen molar-refractivity contribution in [2.45, 2.75) is 37.5 Å². The van der Waals surface area contributed by atoms with E-state index in [4.69, 9.17) is 0 Å². The van der Waals surface area contributed by atoms with Crippen molar-refractivity contribution in [3.63, 3.8) is 0 Å². The lowest BCUT2D eigenvalue weighted by molar-refractivity contribution is -0.0399. The van der Waals surface area contributed by atoms with Gasteiger partial charge in [0.25, 0.3) is 0 Å².